The summed E-state index contributed by atoms with van der Waals surface area (Å²) in [6.07, 6.45) is 5.05. The minimum atomic E-state index is -1.59. The van der Waals surface area contributed by atoms with E-state index in [1.165, 1.54) is 14.0 Å². The number of ether oxygens (including phenoxy) is 1. The highest BCUT2D eigenvalue weighted by Gasteiger charge is 2.35. The number of guanidine groups is 1. The van der Waals surface area contributed by atoms with E-state index in [0.29, 0.717) is 11.3 Å². The average molecular weight is 455 g/mol. The smallest absolute Gasteiger partial charge is 0.277 e. The van der Waals surface area contributed by atoms with Gasteiger partial charge in [0.05, 0.1) is 30.9 Å². The Hall–Kier alpha value is -4.08. The summed E-state index contributed by atoms with van der Waals surface area (Å²) < 4.78 is 47.9. The van der Waals surface area contributed by atoms with Crippen LogP contribution in [0.1, 0.15) is 29.8 Å². The number of carbonyl (C=O) groups is 1. The highest BCUT2D eigenvalue weighted by molar-refractivity contribution is 6.14. The molecule has 0 bridgehead atoms. The van der Waals surface area contributed by atoms with Crippen LogP contribution in [0, 0.1) is 29.8 Å². The normalized spacial score (nSPS) is 15.8. The van der Waals surface area contributed by atoms with Crippen molar-refractivity contribution in [3.63, 3.8) is 0 Å². The van der Waals surface area contributed by atoms with Crippen LogP contribution >= 0.6 is 0 Å². The van der Waals surface area contributed by atoms with Crippen LogP contribution in [0.4, 0.5) is 13.2 Å². The van der Waals surface area contributed by atoms with Gasteiger partial charge in [0, 0.05) is 6.20 Å². The second-order valence-corrected chi connectivity index (χ2v) is 7.53. The molecule has 0 saturated carbocycles. The van der Waals surface area contributed by atoms with E-state index in [9.17, 15) is 18.0 Å². The lowest BCUT2D eigenvalue weighted by Gasteiger charge is -2.23. The Bertz CT molecular complexity index is 1280. The summed E-state index contributed by atoms with van der Waals surface area (Å²) in [6.45, 7) is 3.36. The lowest BCUT2D eigenvalue weighted by atomic mass is 10.1. The summed E-state index contributed by atoms with van der Waals surface area (Å²) in [6, 6.07) is 6.03. The van der Waals surface area contributed by atoms with Gasteiger partial charge in [-0.25, -0.2) is 18.2 Å². The van der Waals surface area contributed by atoms with Gasteiger partial charge in [-0.3, -0.25) is 15.1 Å². The Kier molecular flexibility index (Phi) is 5.67. The molecule has 1 saturated heterocycles. The Morgan fingerprint density at radius 2 is 1.88 bits per heavy atom. The first-order valence-corrected chi connectivity index (χ1v) is 9.94. The molecule has 33 heavy (non-hydrogen) atoms. The summed E-state index contributed by atoms with van der Waals surface area (Å²) in [4.78, 5) is 18.2. The van der Waals surface area contributed by atoms with Gasteiger partial charge in [0.2, 0.25) is 5.96 Å². The Labute approximate surface area is 187 Å². The molecule has 4 rings (SSSR count). The number of aromatic nitrogens is 2. The molecule has 2 N–H and O–H groups in total. The first-order valence-electron chi connectivity index (χ1n) is 9.94. The van der Waals surface area contributed by atoms with Crippen LogP contribution in [-0.2, 0) is 4.79 Å². The number of methoxy groups -OCH3 is 1. The van der Waals surface area contributed by atoms with Crippen LogP contribution in [0.5, 0.6) is 5.75 Å². The summed E-state index contributed by atoms with van der Waals surface area (Å²) in [5, 5.41) is 10.8. The van der Waals surface area contributed by atoms with Gasteiger partial charge in [0.1, 0.15) is 11.4 Å². The zero-order valence-corrected chi connectivity index (χ0v) is 18.0. The number of nitrogens with one attached hydrogen (secondary N) is 2. The third-order valence-electron chi connectivity index (χ3n) is 5.32. The van der Waals surface area contributed by atoms with Gasteiger partial charge in [-0.2, -0.15) is 0 Å². The molecule has 1 amide bonds. The lowest BCUT2D eigenvalue weighted by molar-refractivity contribution is -0.123. The number of carbonyl (C=O) groups excluding carboxylic acids is 1. The van der Waals surface area contributed by atoms with Crippen molar-refractivity contribution in [2.24, 2.45) is 0 Å². The molecule has 3 aromatic rings. The average Bonchev–Trinajstić information content (AvgIpc) is 3.33. The third-order valence-corrected chi connectivity index (χ3v) is 5.32. The molecular formula is C23H20F3N5O2. The van der Waals surface area contributed by atoms with Crippen molar-refractivity contribution in [2.45, 2.75) is 19.9 Å². The standard InChI is InChI=1S/C23H20F3N5O2/c1-12-10-30(11-28-12)19-5-4-14(7-20(19)33-3)6-18-22(32)31(23(27)29-18)13(2)15-8-16(24)21(26)17(25)9-15/h4-11,13H,1-3H3,(H2,27,29)/b18-6-. The maximum absolute atomic E-state index is 13.7. The predicted molar refractivity (Wildman–Crippen MR) is 115 cm³/mol. The van der Waals surface area contributed by atoms with Crippen molar-refractivity contribution >= 4 is 17.9 Å². The quantitative estimate of drug-likeness (QED) is 0.449. The number of benzene rings is 2. The van der Waals surface area contributed by atoms with Crippen LogP contribution in [0.3, 0.4) is 0 Å². The van der Waals surface area contributed by atoms with Crippen molar-refractivity contribution in [3.8, 4) is 11.4 Å². The second-order valence-electron chi connectivity index (χ2n) is 7.53. The molecule has 0 radical (unpaired) electrons. The number of halogens is 3. The van der Waals surface area contributed by atoms with Gasteiger partial charge in [0.15, 0.2) is 17.5 Å². The van der Waals surface area contributed by atoms with Crippen molar-refractivity contribution < 1.29 is 22.7 Å². The van der Waals surface area contributed by atoms with Gasteiger partial charge < -0.3 is 14.6 Å². The predicted octanol–water partition coefficient (Wildman–Crippen LogP) is 4.08. The van der Waals surface area contributed by atoms with Gasteiger partial charge in [-0.05, 0) is 55.3 Å². The number of nitrogens with zero attached hydrogens (tertiary/aromatic N) is 3. The van der Waals surface area contributed by atoms with E-state index in [2.05, 4.69) is 10.3 Å². The molecule has 170 valence electrons. The zero-order chi connectivity index (χ0) is 23.9. The monoisotopic (exact) mass is 455 g/mol. The SMILES string of the molecule is COc1cc(/C=C2\NC(=N)N(C(C)c3cc(F)c(F)c(F)c3)C2=O)ccc1-n1cnc(C)c1. The number of hydrogen-bond donors (Lipinski definition) is 2. The van der Waals surface area contributed by atoms with Gasteiger partial charge >= 0.3 is 0 Å². The number of hydrogen-bond acceptors (Lipinski definition) is 4. The van der Waals surface area contributed by atoms with Crippen LogP contribution < -0.4 is 10.1 Å². The van der Waals surface area contributed by atoms with Crippen LogP contribution in [0.15, 0.2) is 48.6 Å². The van der Waals surface area contributed by atoms with Crippen LogP contribution in [0.25, 0.3) is 11.8 Å². The first kappa shape index (κ1) is 22.1. The molecule has 1 aliphatic rings. The molecule has 1 aromatic heterocycles. The molecule has 1 aliphatic heterocycles. The Morgan fingerprint density at radius 1 is 1.18 bits per heavy atom. The van der Waals surface area contributed by atoms with Gasteiger partial charge in [-0.1, -0.05) is 6.07 Å². The zero-order valence-electron chi connectivity index (χ0n) is 18.0. The summed E-state index contributed by atoms with van der Waals surface area (Å²) in [5.74, 6) is -4.59. The Morgan fingerprint density at radius 3 is 2.48 bits per heavy atom. The molecule has 10 heteroatoms. The van der Waals surface area contributed by atoms with E-state index in [1.54, 1.807) is 24.5 Å². The second kappa shape index (κ2) is 8.45. The third kappa shape index (κ3) is 4.07. The summed E-state index contributed by atoms with van der Waals surface area (Å²) in [5.41, 5.74) is 2.36. The van der Waals surface area contributed by atoms with Crippen LogP contribution in [0.2, 0.25) is 0 Å². The van der Waals surface area contributed by atoms with E-state index in [0.717, 1.165) is 28.4 Å². The summed E-state index contributed by atoms with van der Waals surface area (Å²) in [7, 11) is 1.53. The lowest BCUT2D eigenvalue weighted by Crippen LogP contribution is -2.34. The molecular weight excluding hydrogens is 435 g/mol. The van der Waals surface area contributed by atoms with E-state index in [4.69, 9.17) is 10.1 Å². The van der Waals surface area contributed by atoms with Crippen molar-refractivity contribution in [1.29, 1.82) is 5.41 Å². The largest absolute Gasteiger partial charge is 0.495 e. The molecule has 2 heterocycles. The van der Waals surface area contributed by atoms with E-state index >= 15 is 0 Å². The fraction of sp³-hybridized carbons (Fsp3) is 0.174. The van der Waals surface area contributed by atoms with Gasteiger partial charge in [-0.15, -0.1) is 0 Å². The van der Waals surface area contributed by atoms with E-state index in [-0.39, 0.29) is 17.2 Å². The fourth-order valence-corrected chi connectivity index (χ4v) is 3.62. The maximum Gasteiger partial charge on any atom is 0.277 e. The van der Waals surface area contributed by atoms with Gasteiger partial charge in [0.25, 0.3) is 5.91 Å². The number of imidazole rings is 1. The molecule has 1 fully saturated rings. The molecule has 1 atom stereocenters. The molecule has 1 unspecified atom stereocenters. The number of rotatable bonds is 5. The highest BCUT2D eigenvalue weighted by Crippen LogP contribution is 2.29. The molecule has 0 aliphatic carbocycles. The first-order chi connectivity index (χ1) is 15.7. The van der Waals surface area contributed by atoms with E-state index in [1.807, 2.05) is 23.8 Å². The van der Waals surface area contributed by atoms with Crippen molar-refractivity contribution in [2.75, 3.05) is 7.11 Å². The molecule has 2 aromatic carbocycles. The topological polar surface area (TPSA) is 83.2 Å². The maximum atomic E-state index is 13.7. The van der Waals surface area contributed by atoms with Crippen molar-refractivity contribution in [1.82, 2.24) is 19.8 Å². The van der Waals surface area contributed by atoms with E-state index < -0.39 is 29.4 Å². The van der Waals surface area contributed by atoms with Crippen molar-refractivity contribution in [3.05, 3.63) is 82.8 Å². The highest BCUT2D eigenvalue weighted by atomic mass is 19.2. The fourth-order valence-electron chi connectivity index (χ4n) is 3.62. The number of amides is 1. The Balaban J connectivity index is 1.63. The molecule has 0 spiro atoms. The summed E-state index contributed by atoms with van der Waals surface area (Å²) >= 11 is 0. The minimum Gasteiger partial charge on any atom is -0.495 e. The number of aryl methyl sites for hydroxylation is 1. The minimum absolute atomic E-state index is 0.0224. The molecule has 7 nitrogen and oxygen atoms in total. The van der Waals surface area contributed by atoms with Crippen LogP contribution in [-0.4, -0.2) is 33.4 Å².